The monoisotopic (exact) mass is 339 g/mol. The van der Waals surface area contributed by atoms with Crippen LogP contribution in [0.1, 0.15) is 27.2 Å². The number of aromatic nitrogens is 1. The first kappa shape index (κ1) is 15.0. The maximum absolute atomic E-state index is 13.2. The number of ketones is 1. The highest BCUT2D eigenvalue weighted by molar-refractivity contribution is 6.13. The van der Waals surface area contributed by atoms with Crippen LogP contribution in [0.5, 0.6) is 0 Å². The summed E-state index contributed by atoms with van der Waals surface area (Å²) in [6.45, 7) is 0. The Balaban J connectivity index is 1.79. The molecule has 1 aliphatic carbocycles. The fourth-order valence-electron chi connectivity index (χ4n) is 3.77. The lowest BCUT2D eigenvalue weighted by Gasteiger charge is -2.11. The first-order valence-electron chi connectivity index (χ1n) is 8.52. The number of halogens is 1. The molecule has 0 N–H and O–H groups in total. The van der Waals surface area contributed by atoms with E-state index in [1.54, 1.807) is 0 Å². The van der Waals surface area contributed by atoms with E-state index in [0.29, 0.717) is 17.7 Å². The molecule has 0 radical (unpaired) electrons. The van der Waals surface area contributed by atoms with E-state index in [1.807, 2.05) is 30.3 Å². The van der Waals surface area contributed by atoms with Gasteiger partial charge in [-0.15, -0.1) is 0 Å². The highest BCUT2D eigenvalue weighted by Crippen LogP contribution is 2.42. The summed E-state index contributed by atoms with van der Waals surface area (Å²) in [6, 6.07) is 21.8. The molecule has 4 aromatic rings. The number of fused-ring (bicyclic) bond motifs is 5. The third-order valence-corrected chi connectivity index (χ3v) is 4.97. The van der Waals surface area contributed by atoms with Gasteiger partial charge in [0.25, 0.3) is 0 Å². The molecular weight excluding hydrogens is 325 g/mol. The van der Waals surface area contributed by atoms with Crippen LogP contribution < -0.4 is 0 Å². The molecule has 0 unspecified atom stereocenters. The van der Waals surface area contributed by atoms with Crippen LogP contribution in [0.15, 0.2) is 72.8 Å². The van der Waals surface area contributed by atoms with Crippen molar-refractivity contribution in [2.24, 2.45) is 0 Å². The van der Waals surface area contributed by atoms with Crippen LogP contribution in [-0.2, 0) is 6.42 Å². The van der Waals surface area contributed by atoms with Crippen molar-refractivity contribution < 1.29 is 9.18 Å². The minimum Gasteiger partial charge on any atom is -0.287 e. The van der Waals surface area contributed by atoms with Crippen LogP contribution in [-0.4, -0.2) is 10.8 Å². The number of carbonyl (C=O) groups excluding carboxylic acids is 1. The minimum atomic E-state index is -0.356. The Morgan fingerprint density at radius 1 is 0.885 bits per heavy atom. The average molecular weight is 339 g/mol. The summed E-state index contributed by atoms with van der Waals surface area (Å²) >= 11 is 0. The predicted molar refractivity (Wildman–Crippen MR) is 99.8 cm³/mol. The minimum absolute atomic E-state index is 0.167. The van der Waals surface area contributed by atoms with E-state index >= 15 is 0 Å². The van der Waals surface area contributed by atoms with Gasteiger partial charge in [-0.05, 0) is 52.6 Å². The quantitative estimate of drug-likeness (QED) is 0.415. The van der Waals surface area contributed by atoms with Crippen molar-refractivity contribution in [3.63, 3.8) is 0 Å². The molecule has 3 heteroatoms. The van der Waals surface area contributed by atoms with Crippen LogP contribution in [0.3, 0.4) is 0 Å². The standard InChI is InChI=1S/C23H14FNO/c24-16-11-9-14(10-12-16)23(26)22-19-13-15-5-1-2-6-17(15)21(19)18-7-3-4-8-20(18)25-22/h1-12H,13H2. The normalized spacial score (nSPS) is 12.0. The molecule has 5 rings (SSSR count). The number of benzene rings is 3. The number of pyridine rings is 1. The highest BCUT2D eigenvalue weighted by Gasteiger charge is 2.27. The van der Waals surface area contributed by atoms with E-state index in [1.165, 1.54) is 29.8 Å². The summed E-state index contributed by atoms with van der Waals surface area (Å²) in [4.78, 5) is 17.8. The predicted octanol–water partition coefficient (Wildman–Crippen LogP) is 5.18. The first-order valence-corrected chi connectivity index (χ1v) is 8.52. The molecule has 3 aromatic carbocycles. The summed E-state index contributed by atoms with van der Waals surface area (Å²) in [5, 5.41) is 1.06. The van der Waals surface area contributed by atoms with Gasteiger partial charge < -0.3 is 0 Å². The Bertz CT molecular complexity index is 1180. The lowest BCUT2D eigenvalue weighted by atomic mass is 9.96. The molecule has 124 valence electrons. The molecule has 0 atom stereocenters. The van der Waals surface area contributed by atoms with Crippen LogP contribution in [0, 0.1) is 5.82 Å². The van der Waals surface area contributed by atoms with Crippen molar-refractivity contribution in [2.45, 2.75) is 6.42 Å². The number of carbonyl (C=O) groups is 1. The number of hydrogen-bond donors (Lipinski definition) is 0. The molecule has 0 saturated heterocycles. The second-order valence-corrected chi connectivity index (χ2v) is 6.50. The fraction of sp³-hybridized carbons (Fsp3) is 0.0435. The third-order valence-electron chi connectivity index (χ3n) is 4.97. The number of rotatable bonds is 2. The van der Waals surface area contributed by atoms with Gasteiger partial charge in [-0.3, -0.25) is 4.79 Å². The van der Waals surface area contributed by atoms with Gasteiger partial charge in [-0.1, -0.05) is 42.5 Å². The lowest BCUT2D eigenvalue weighted by Crippen LogP contribution is -2.09. The van der Waals surface area contributed by atoms with Crippen molar-refractivity contribution in [1.82, 2.24) is 4.98 Å². The molecule has 0 saturated carbocycles. The topological polar surface area (TPSA) is 30.0 Å². The fourth-order valence-corrected chi connectivity index (χ4v) is 3.77. The molecule has 0 spiro atoms. The summed E-state index contributed by atoms with van der Waals surface area (Å²) < 4.78 is 13.2. The number of hydrogen-bond acceptors (Lipinski definition) is 2. The zero-order chi connectivity index (χ0) is 17.7. The van der Waals surface area contributed by atoms with E-state index in [9.17, 15) is 9.18 Å². The van der Waals surface area contributed by atoms with Crippen LogP contribution in [0.2, 0.25) is 0 Å². The molecular formula is C23H14FNO. The zero-order valence-electron chi connectivity index (χ0n) is 13.9. The maximum Gasteiger partial charge on any atom is 0.211 e. The molecule has 1 aromatic heterocycles. The van der Waals surface area contributed by atoms with Gasteiger partial charge in [0.05, 0.1) is 5.52 Å². The first-order chi connectivity index (χ1) is 12.7. The third kappa shape index (κ3) is 2.17. The van der Waals surface area contributed by atoms with Gasteiger partial charge in [-0.2, -0.15) is 0 Å². The molecule has 0 fully saturated rings. The van der Waals surface area contributed by atoms with E-state index in [0.717, 1.165) is 27.6 Å². The largest absolute Gasteiger partial charge is 0.287 e. The Kier molecular flexibility index (Phi) is 3.22. The summed E-state index contributed by atoms with van der Waals surface area (Å²) in [7, 11) is 0. The summed E-state index contributed by atoms with van der Waals surface area (Å²) in [5.41, 5.74) is 6.13. The smallest absolute Gasteiger partial charge is 0.211 e. The van der Waals surface area contributed by atoms with Crippen LogP contribution in [0.4, 0.5) is 4.39 Å². The van der Waals surface area contributed by atoms with E-state index < -0.39 is 0 Å². The summed E-state index contributed by atoms with van der Waals surface area (Å²) in [5.74, 6) is -0.523. The Hall–Kier alpha value is -3.33. The molecule has 1 aliphatic rings. The van der Waals surface area contributed by atoms with Gasteiger partial charge in [-0.25, -0.2) is 9.37 Å². The van der Waals surface area contributed by atoms with Crippen molar-refractivity contribution in [3.05, 3.63) is 101 Å². The van der Waals surface area contributed by atoms with Gasteiger partial charge in [0.2, 0.25) is 5.78 Å². The van der Waals surface area contributed by atoms with E-state index in [4.69, 9.17) is 0 Å². The van der Waals surface area contributed by atoms with Crippen LogP contribution in [0.25, 0.3) is 22.0 Å². The van der Waals surface area contributed by atoms with Gasteiger partial charge in [0.1, 0.15) is 11.5 Å². The Morgan fingerprint density at radius 3 is 2.46 bits per heavy atom. The SMILES string of the molecule is O=C(c1ccc(F)cc1)c1nc2ccccc2c2c1Cc1ccccc1-2. The van der Waals surface area contributed by atoms with Crippen molar-refractivity contribution in [3.8, 4) is 11.1 Å². The van der Waals surface area contributed by atoms with Crippen molar-refractivity contribution in [2.75, 3.05) is 0 Å². The lowest BCUT2D eigenvalue weighted by molar-refractivity contribution is 0.103. The van der Waals surface area contributed by atoms with E-state index in [2.05, 4.69) is 23.2 Å². The molecule has 2 nitrogen and oxygen atoms in total. The van der Waals surface area contributed by atoms with Crippen LogP contribution >= 0.6 is 0 Å². The number of para-hydroxylation sites is 1. The van der Waals surface area contributed by atoms with Gasteiger partial charge in [0.15, 0.2) is 0 Å². The van der Waals surface area contributed by atoms with Gasteiger partial charge in [0, 0.05) is 17.4 Å². The van der Waals surface area contributed by atoms with Crippen molar-refractivity contribution >= 4 is 16.7 Å². The van der Waals surface area contributed by atoms with Gasteiger partial charge >= 0.3 is 0 Å². The summed E-state index contributed by atoms with van der Waals surface area (Å²) in [6.07, 6.45) is 0.686. The zero-order valence-corrected chi connectivity index (χ0v) is 13.9. The highest BCUT2D eigenvalue weighted by atomic mass is 19.1. The molecule has 0 amide bonds. The molecule has 0 aliphatic heterocycles. The average Bonchev–Trinajstić information content (AvgIpc) is 3.07. The molecule has 26 heavy (non-hydrogen) atoms. The van der Waals surface area contributed by atoms with E-state index in [-0.39, 0.29) is 11.6 Å². The maximum atomic E-state index is 13.2. The van der Waals surface area contributed by atoms with Crippen molar-refractivity contribution in [1.29, 1.82) is 0 Å². The Labute approximate surface area is 149 Å². The second kappa shape index (κ2) is 5.60. The Morgan fingerprint density at radius 2 is 1.62 bits per heavy atom. The molecule has 1 heterocycles. The second-order valence-electron chi connectivity index (χ2n) is 6.50. The molecule has 0 bridgehead atoms. The number of nitrogens with zero attached hydrogens (tertiary/aromatic N) is 1.